The number of nitrogens with zero attached hydrogens (tertiary/aromatic N) is 4. The predicted molar refractivity (Wildman–Crippen MR) is 80.8 cm³/mol. The Morgan fingerprint density at radius 2 is 2.14 bits per heavy atom. The summed E-state index contributed by atoms with van der Waals surface area (Å²) in [4.78, 5) is 14.6. The van der Waals surface area contributed by atoms with Gasteiger partial charge < -0.3 is 9.55 Å². The van der Waals surface area contributed by atoms with Crippen LogP contribution in [0.3, 0.4) is 0 Å². The monoisotopic (exact) mass is 285 g/mol. The first-order chi connectivity index (χ1) is 10.4. The molecule has 1 saturated carbocycles. The van der Waals surface area contributed by atoms with E-state index in [1.807, 2.05) is 12.7 Å². The third-order valence-electron chi connectivity index (χ3n) is 4.95. The van der Waals surface area contributed by atoms with E-state index < -0.39 is 0 Å². The second-order valence-corrected chi connectivity index (χ2v) is 6.37. The SMILES string of the molecule is c1nc2c([nH]1)CN(Cc1cncn1C1CCCCC1)CC2. The molecule has 5 nitrogen and oxygen atoms in total. The van der Waals surface area contributed by atoms with Crippen molar-refractivity contribution in [1.29, 1.82) is 0 Å². The average molecular weight is 285 g/mol. The van der Waals surface area contributed by atoms with Crippen molar-refractivity contribution in [3.8, 4) is 0 Å². The molecule has 0 atom stereocenters. The lowest BCUT2D eigenvalue weighted by Crippen LogP contribution is -2.31. The quantitative estimate of drug-likeness (QED) is 0.943. The van der Waals surface area contributed by atoms with E-state index in [-0.39, 0.29) is 0 Å². The zero-order valence-electron chi connectivity index (χ0n) is 12.5. The van der Waals surface area contributed by atoms with Crippen LogP contribution in [0.25, 0.3) is 0 Å². The van der Waals surface area contributed by atoms with E-state index in [9.17, 15) is 0 Å². The molecule has 0 amide bonds. The highest BCUT2D eigenvalue weighted by Crippen LogP contribution is 2.29. The van der Waals surface area contributed by atoms with Gasteiger partial charge >= 0.3 is 0 Å². The number of imidazole rings is 2. The van der Waals surface area contributed by atoms with Crippen LogP contribution in [0.5, 0.6) is 0 Å². The zero-order valence-corrected chi connectivity index (χ0v) is 12.5. The smallest absolute Gasteiger partial charge is 0.0951 e. The second-order valence-electron chi connectivity index (χ2n) is 6.37. The maximum absolute atomic E-state index is 4.41. The Kier molecular flexibility index (Phi) is 3.51. The summed E-state index contributed by atoms with van der Waals surface area (Å²) < 4.78 is 2.43. The van der Waals surface area contributed by atoms with Gasteiger partial charge in [-0.2, -0.15) is 0 Å². The lowest BCUT2D eigenvalue weighted by molar-refractivity contribution is 0.229. The van der Waals surface area contributed by atoms with Crippen LogP contribution in [-0.4, -0.2) is 31.0 Å². The first-order valence-corrected chi connectivity index (χ1v) is 8.14. The number of aromatic nitrogens is 4. The van der Waals surface area contributed by atoms with Gasteiger partial charge in [0.15, 0.2) is 0 Å². The lowest BCUT2D eigenvalue weighted by atomic mass is 9.95. The number of hydrogen-bond donors (Lipinski definition) is 1. The van der Waals surface area contributed by atoms with Crippen LogP contribution in [0.4, 0.5) is 0 Å². The molecule has 21 heavy (non-hydrogen) atoms. The van der Waals surface area contributed by atoms with Crippen LogP contribution < -0.4 is 0 Å². The van der Waals surface area contributed by atoms with Gasteiger partial charge in [0.05, 0.1) is 29.7 Å². The van der Waals surface area contributed by atoms with Crippen LogP contribution in [0.1, 0.15) is 55.2 Å². The third kappa shape index (κ3) is 2.62. The number of aromatic amines is 1. The summed E-state index contributed by atoms with van der Waals surface area (Å²) in [6.45, 7) is 3.06. The first-order valence-electron chi connectivity index (χ1n) is 8.14. The Bertz CT molecular complexity index is 593. The molecule has 1 aliphatic heterocycles. The summed E-state index contributed by atoms with van der Waals surface area (Å²) in [6, 6.07) is 0.670. The van der Waals surface area contributed by atoms with Gasteiger partial charge in [0, 0.05) is 38.3 Å². The van der Waals surface area contributed by atoms with E-state index >= 15 is 0 Å². The second kappa shape index (κ2) is 5.64. The first kappa shape index (κ1) is 13.1. The topological polar surface area (TPSA) is 49.7 Å². The molecule has 112 valence electrons. The van der Waals surface area contributed by atoms with Crippen molar-refractivity contribution in [1.82, 2.24) is 24.4 Å². The Balaban J connectivity index is 1.47. The summed E-state index contributed by atoms with van der Waals surface area (Å²) in [6.07, 6.45) is 13.7. The highest BCUT2D eigenvalue weighted by atomic mass is 15.2. The average Bonchev–Trinajstić information content (AvgIpc) is 3.16. The van der Waals surface area contributed by atoms with Crippen LogP contribution in [0.2, 0.25) is 0 Å². The number of rotatable bonds is 3. The molecule has 4 rings (SSSR count). The van der Waals surface area contributed by atoms with Crippen molar-refractivity contribution < 1.29 is 0 Å². The number of hydrogen-bond acceptors (Lipinski definition) is 3. The molecular weight excluding hydrogens is 262 g/mol. The lowest BCUT2D eigenvalue weighted by Gasteiger charge is -2.29. The Morgan fingerprint density at radius 3 is 3.05 bits per heavy atom. The van der Waals surface area contributed by atoms with Crippen molar-refractivity contribution >= 4 is 0 Å². The maximum Gasteiger partial charge on any atom is 0.0951 e. The molecule has 2 aromatic heterocycles. The maximum atomic E-state index is 4.41. The number of nitrogens with one attached hydrogen (secondary N) is 1. The summed E-state index contributed by atoms with van der Waals surface area (Å²) in [5.41, 5.74) is 3.89. The molecule has 0 unspecified atom stereocenters. The molecule has 0 radical (unpaired) electrons. The predicted octanol–water partition coefficient (Wildman–Crippen LogP) is 2.67. The molecule has 0 saturated heterocycles. The van der Waals surface area contributed by atoms with E-state index in [1.54, 1.807) is 0 Å². The number of H-pyrrole nitrogens is 1. The van der Waals surface area contributed by atoms with Gasteiger partial charge in [0.25, 0.3) is 0 Å². The fraction of sp³-hybridized carbons (Fsp3) is 0.625. The molecule has 1 aliphatic carbocycles. The van der Waals surface area contributed by atoms with Crippen molar-refractivity contribution in [2.24, 2.45) is 0 Å². The van der Waals surface area contributed by atoms with Crippen molar-refractivity contribution in [3.63, 3.8) is 0 Å². The third-order valence-corrected chi connectivity index (χ3v) is 4.95. The minimum Gasteiger partial charge on any atom is -0.347 e. The van der Waals surface area contributed by atoms with Gasteiger partial charge in [-0.15, -0.1) is 0 Å². The van der Waals surface area contributed by atoms with E-state index in [4.69, 9.17) is 0 Å². The normalized spacial score (nSPS) is 20.6. The molecule has 2 aliphatic rings. The van der Waals surface area contributed by atoms with Crippen LogP contribution >= 0.6 is 0 Å². The fourth-order valence-corrected chi connectivity index (χ4v) is 3.77. The van der Waals surface area contributed by atoms with Gasteiger partial charge in [0.1, 0.15) is 0 Å². The molecule has 1 N–H and O–H groups in total. The largest absolute Gasteiger partial charge is 0.347 e. The van der Waals surface area contributed by atoms with Crippen molar-refractivity contribution in [3.05, 3.63) is 35.9 Å². The molecule has 3 heterocycles. The minimum atomic E-state index is 0.670. The summed E-state index contributed by atoms with van der Waals surface area (Å²) in [5, 5.41) is 0. The molecule has 2 aromatic rings. The van der Waals surface area contributed by atoms with E-state index in [2.05, 4.69) is 30.6 Å². The number of fused-ring (bicyclic) bond motifs is 1. The van der Waals surface area contributed by atoms with E-state index in [0.29, 0.717) is 6.04 Å². The molecule has 1 fully saturated rings. The van der Waals surface area contributed by atoms with Crippen LogP contribution in [0, 0.1) is 0 Å². The fourth-order valence-electron chi connectivity index (χ4n) is 3.77. The Morgan fingerprint density at radius 1 is 1.24 bits per heavy atom. The van der Waals surface area contributed by atoms with Crippen LogP contribution in [0.15, 0.2) is 18.9 Å². The van der Waals surface area contributed by atoms with E-state index in [0.717, 1.165) is 26.1 Å². The molecule has 5 heteroatoms. The molecular formula is C16H23N5. The Labute approximate surface area is 125 Å². The summed E-state index contributed by atoms with van der Waals surface area (Å²) in [7, 11) is 0. The van der Waals surface area contributed by atoms with Gasteiger partial charge in [-0.3, -0.25) is 4.90 Å². The molecule has 0 bridgehead atoms. The molecule has 0 aromatic carbocycles. The van der Waals surface area contributed by atoms with E-state index in [1.165, 1.54) is 49.2 Å². The van der Waals surface area contributed by atoms with Gasteiger partial charge in [0.2, 0.25) is 0 Å². The minimum absolute atomic E-state index is 0.670. The summed E-state index contributed by atoms with van der Waals surface area (Å²) in [5.74, 6) is 0. The zero-order chi connectivity index (χ0) is 14.1. The van der Waals surface area contributed by atoms with Crippen molar-refractivity contribution in [2.75, 3.05) is 6.54 Å². The summed E-state index contributed by atoms with van der Waals surface area (Å²) >= 11 is 0. The van der Waals surface area contributed by atoms with Gasteiger partial charge in [-0.1, -0.05) is 19.3 Å². The highest BCUT2D eigenvalue weighted by molar-refractivity contribution is 5.15. The standard InChI is InChI=1S/C16H23N5/c1-2-4-13(5-3-1)21-12-17-8-14(21)9-20-7-6-15-16(10-20)19-11-18-15/h8,11-13H,1-7,9-10H2,(H,18,19). The van der Waals surface area contributed by atoms with Gasteiger partial charge in [-0.05, 0) is 12.8 Å². The molecule has 0 spiro atoms. The van der Waals surface area contributed by atoms with Gasteiger partial charge in [-0.25, -0.2) is 9.97 Å². The highest BCUT2D eigenvalue weighted by Gasteiger charge is 2.22. The Hall–Kier alpha value is -1.62. The van der Waals surface area contributed by atoms with Crippen molar-refractivity contribution in [2.45, 2.75) is 57.7 Å². The van der Waals surface area contributed by atoms with Crippen LogP contribution in [-0.2, 0) is 19.5 Å².